The number of H-pyrrole nitrogens is 1. The highest BCUT2D eigenvalue weighted by Crippen LogP contribution is 2.46. The molecule has 0 aromatic carbocycles. The molecule has 0 radical (unpaired) electrons. The standard InChI is InChI=1S/C28H31FN10O2/c1-16-11-22(33-23-12-17(2)35-36-23)34-25(32-16)19-7-9-28(10-8-19)26(40)39(27(41)37(28)4)18(3)20-5-6-24(30-13-20)38-15-21(29)14-31-38/h5-6,11-15,18-19H,7-10H2,1-4H3,(H2,32,33,34,35,36)/t18-,19?,28?/m0/s1. The van der Waals surface area contributed by atoms with Gasteiger partial charge in [-0.25, -0.2) is 28.8 Å². The van der Waals surface area contributed by atoms with Gasteiger partial charge in [-0.15, -0.1) is 0 Å². The molecule has 4 aromatic heterocycles. The molecule has 12 nitrogen and oxygen atoms in total. The molecule has 1 saturated carbocycles. The third-order valence-electron chi connectivity index (χ3n) is 8.19. The number of aryl methyl sites for hydroxylation is 2. The second-order valence-electron chi connectivity index (χ2n) is 10.9. The number of anilines is 2. The van der Waals surface area contributed by atoms with Gasteiger partial charge in [0.25, 0.3) is 5.91 Å². The SMILES string of the molecule is Cc1cc(Nc2cc(C)[nH]n2)nc(C2CCC3(CC2)C(=O)N([C@@H](C)c2ccc(-n4cc(F)cn4)nc2)C(=O)N3C)n1. The Morgan fingerprint density at radius 3 is 2.51 bits per heavy atom. The van der Waals surface area contributed by atoms with Gasteiger partial charge >= 0.3 is 6.03 Å². The molecule has 1 spiro atoms. The first-order valence-corrected chi connectivity index (χ1v) is 13.6. The fourth-order valence-electron chi connectivity index (χ4n) is 5.85. The molecule has 41 heavy (non-hydrogen) atoms. The predicted octanol–water partition coefficient (Wildman–Crippen LogP) is 4.33. The zero-order chi connectivity index (χ0) is 28.9. The van der Waals surface area contributed by atoms with E-state index in [0.717, 1.165) is 23.4 Å². The molecule has 2 N–H and O–H groups in total. The summed E-state index contributed by atoms with van der Waals surface area (Å²) in [6, 6.07) is 6.39. The summed E-state index contributed by atoms with van der Waals surface area (Å²) in [6.07, 6.45) is 6.30. The van der Waals surface area contributed by atoms with E-state index >= 15 is 0 Å². The lowest BCUT2D eigenvalue weighted by Gasteiger charge is -2.38. The molecule has 0 bridgehead atoms. The largest absolute Gasteiger partial charge is 0.327 e. The van der Waals surface area contributed by atoms with Gasteiger partial charge in [0.1, 0.15) is 17.2 Å². The molecule has 1 atom stereocenters. The van der Waals surface area contributed by atoms with E-state index in [1.54, 1.807) is 30.3 Å². The van der Waals surface area contributed by atoms with Gasteiger partial charge in [0.15, 0.2) is 17.5 Å². The van der Waals surface area contributed by atoms with E-state index in [4.69, 9.17) is 9.97 Å². The summed E-state index contributed by atoms with van der Waals surface area (Å²) in [5.74, 6) is 1.91. The number of rotatable bonds is 6. The van der Waals surface area contributed by atoms with E-state index in [0.29, 0.717) is 48.7 Å². The number of hydrogen-bond acceptors (Lipinski definition) is 8. The Hall–Kier alpha value is -4.68. The van der Waals surface area contributed by atoms with E-state index < -0.39 is 17.4 Å². The van der Waals surface area contributed by atoms with Crippen molar-refractivity contribution >= 4 is 23.6 Å². The number of aromatic nitrogens is 7. The summed E-state index contributed by atoms with van der Waals surface area (Å²) in [6.45, 7) is 5.67. The van der Waals surface area contributed by atoms with Crippen LogP contribution in [0, 0.1) is 19.7 Å². The lowest BCUT2D eigenvalue weighted by molar-refractivity contribution is -0.136. The van der Waals surface area contributed by atoms with Crippen molar-refractivity contribution in [3.8, 4) is 5.82 Å². The molecule has 0 unspecified atom stereocenters. The molecule has 4 aromatic rings. The van der Waals surface area contributed by atoms with Crippen molar-refractivity contribution in [2.24, 2.45) is 0 Å². The number of imide groups is 1. The minimum Gasteiger partial charge on any atom is -0.323 e. The minimum absolute atomic E-state index is 0.0636. The molecule has 2 aliphatic rings. The number of carbonyl (C=O) groups excluding carboxylic acids is 2. The van der Waals surface area contributed by atoms with Crippen LogP contribution in [0.5, 0.6) is 0 Å². The van der Waals surface area contributed by atoms with Gasteiger partial charge in [0.05, 0.1) is 18.4 Å². The number of pyridine rings is 1. The molecular weight excluding hydrogens is 527 g/mol. The Morgan fingerprint density at radius 2 is 1.88 bits per heavy atom. The van der Waals surface area contributed by atoms with Crippen LogP contribution in [0.4, 0.5) is 20.8 Å². The van der Waals surface area contributed by atoms with Gasteiger partial charge in [0.2, 0.25) is 0 Å². The molecule has 1 aliphatic carbocycles. The summed E-state index contributed by atoms with van der Waals surface area (Å²) >= 11 is 0. The van der Waals surface area contributed by atoms with Gasteiger partial charge < -0.3 is 10.2 Å². The molecule has 6 rings (SSSR count). The number of halogens is 1. The lowest BCUT2D eigenvalue weighted by Crippen LogP contribution is -2.50. The Labute approximate surface area is 236 Å². The Bertz CT molecular complexity index is 1610. The van der Waals surface area contributed by atoms with Crippen LogP contribution in [0.15, 0.2) is 42.9 Å². The fourth-order valence-corrected chi connectivity index (χ4v) is 5.85. The van der Waals surface area contributed by atoms with Crippen molar-refractivity contribution in [1.82, 2.24) is 44.7 Å². The first-order chi connectivity index (χ1) is 19.6. The average molecular weight is 559 g/mol. The third kappa shape index (κ3) is 4.70. The van der Waals surface area contributed by atoms with Crippen LogP contribution in [0.2, 0.25) is 0 Å². The smallest absolute Gasteiger partial charge is 0.323 e. The van der Waals surface area contributed by atoms with Gasteiger partial charge in [0, 0.05) is 42.7 Å². The fraction of sp³-hybridized carbons (Fsp3) is 0.393. The van der Waals surface area contributed by atoms with Crippen LogP contribution in [0.1, 0.15) is 67.3 Å². The summed E-state index contributed by atoms with van der Waals surface area (Å²) in [5, 5.41) is 14.3. The highest BCUT2D eigenvalue weighted by Gasteiger charge is 2.58. The maximum atomic E-state index is 13.9. The maximum absolute atomic E-state index is 13.9. The van der Waals surface area contributed by atoms with E-state index in [2.05, 4.69) is 25.6 Å². The number of nitrogens with zero attached hydrogens (tertiary/aromatic N) is 8. The quantitative estimate of drug-likeness (QED) is 0.334. The number of hydrogen-bond donors (Lipinski definition) is 2. The van der Waals surface area contributed by atoms with Gasteiger partial charge in [-0.05, 0) is 58.1 Å². The van der Waals surface area contributed by atoms with Crippen molar-refractivity contribution in [2.75, 3.05) is 12.4 Å². The monoisotopic (exact) mass is 558 g/mol. The molecule has 3 amide bonds. The van der Waals surface area contributed by atoms with E-state index in [-0.39, 0.29) is 17.9 Å². The van der Waals surface area contributed by atoms with Crippen molar-refractivity contribution in [2.45, 2.75) is 64.0 Å². The van der Waals surface area contributed by atoms with Gasteiger partial charge in [-0.1, -0.05) is 6.07 Å². The summed E-state index contributed by atoms with van der Waals surface area (Å²) in [5.41, 5.74) is 1.58. The second kappa shape index (κ2) is 10.1. The minimum atomic E-state index is -0.903. The van der Waals surface area contributed by atoms with Crippen LogP contribution < -0.4 is 5.32 Å². The Morgan fingerprint density at radius 1 is 1.10 bits per heavy atom. The van der Waals surface area contributed by atoms with Gasteiger partial charge in [-0.2, -0.15) is 10.2 Å². The lowest BCUT2D eigenvalue weighted by atomic mass is 9.75. The van der Waals surface area contributed by atoms with Crippen molar-refractivity contribution in [3.05, 3.63) is 71.4 Å². The first kappa shape index (κ1) is 26.5. The third-order valence-corrected chi connectivity index (χ3v) is 8.19. The number of urea groups is 1. The van der Waals surface area contributed by atoms with Crippen molar-refractivity contribution in [3.63, 3.8) is 0 Å². The van der Waals surface area contributed by atoms with Crippen LogP contribution in [-0.4, -0.2) is 69.3 Å². The highest BCUT2D eigenvalue weighted by molar-refractivity contribution is 6.07. The number of nitrogens with one attached hydrogen (secondary N) is 2. The molecule has 13 heteroatoms. The molecule has 212 valence electrons. The Balaban J connectivity index is 1.17. The van der Waals surface area contributed by atoms with Crippen molar-refractivity contribution in [1.29, 1.82) is 0 Å². The molecular formula is C28H31FN10O2. The van der Waals surface area contributed by atoms with E-state index in [1.165, 1.54) is 15.8 Å². The number of amides is 3. The van der Waals surface area contributed by atoms with Crippen LogP contribution in [-0.2, 0) is 4.79 Å². The summed E-state index contributed by atoms with van der Waals surface area (Å²) in [4.78, 5) is 44.1. The number of aromatic amines is 1. The summed E-state index contributed by atoms with van der Waals surface area (Å²) < 4.78 is 14.7. The normalized spacial score (nSPS) is 21.6. The van der Waals surface area contributed by atoms with Crippen LogP contribution in [0.3, 0.4) is 0 Å². The molecule has 1 aliphatic heterocycles. The van der Waals surface area contributed by atoms with Crippen LogP contribution in [0.25, 0.3) is 5.82 Å². The predicted molar refractivity (Wildman–Crippen MR) is 147 cm³/mol. The number of likely N-dealkylation sites (N-methyl/N-ethyl adjacent to an activating group) is 1. The topological polar surface area (TPSA) is 138 Å². The molecule has 5 heterocycles. The zero-order valence-corrected chi connectivity index (χ0v) is 23.3. The van der Waals surface area contributed by atoms with Gasteiger partial charge in [-0.3, -0.25) is 14.8 Å². The zero-order valence-electron chi connectivity index (χ0n) is 23.3. The molecule has 2 fully saturated rings. The number of carbonyl (C=O) groups is 2. The van der Waals surface area contributed by atoms with Crippen LogP contribution >= 0.6 is 0 Å². The maximum Gasteiger partial charge on any atom is 0.327 e. The average Bonchev–Trinajstić information content (AvgIpc) is 3.63. The first-order valence-electron chi connectivity index (χ1n) is 13.6. The van der Waals surface area contributed by atoms with E-state index in [1.807, 2.05) is 32.9 Å². The Kier molecular flexibility index (Phi) is 6.51. The highest BCUT2D eigenvalue weighted by atomic mass is 19.1. The van der Waals surface area contributed by atoms with Crippen molar-refractivity contribution < 1.29 is 14.0 Å². The molecule has 1 saturated heterocycles. The van der Waals surface area contributed by atoms with E-state index in [9.17, 15) is 14.0 Å². The summed E-state index contributed by atoms with van der Waals surface area (Å²) in [7, 11) is 1.71. The second-order valence-corrected chi connectivity index (χ2v) is 10.9.